The summed E-state index contributed by atoms with van der Waals surface area (Å²) in [5.74, 6) is 0.929. The zero-order valence-electron chi connectivity index (χ0n) is 16.6. The van der Waals surface area contributed by atoms with Crippen molar-refractivity contribution < 1.29 is 9.59 Å². The highest BCUT2D eigenvalue weighted by atomic mass is 35.5. The van der Waals surface area contributed by atoms with Crippen molar-refractivity contribution in [3.05, 3.63) is 29.8 Å². The molecular weight excluding hydrogens is 394 g/mol. The van der Waals surface area contributed by atoms with E-state index >= 15 is 0 Å². The molecule has 28 heavy (non-hydrogen) atoms. The van der Waals surface area contributed by atoms with Gasteiger partial charge >= 0.3 is 0 Å². The molecule has 2 amide bonds. The number of hydrogen-bond acceptors (Lipinski definition) is 4. The molecule has 2 saturated carbocycles. The van der Waals surface area contributed by atoms with Gasteiger partial charge in [0, 0.05) is 30.6 Å². The van der Waals surface area contributed by atoms with Crippen molar-refractivity contribution in [3.63, 3.8) is 0 Å². The van der Waals surface area contributed by atoms with Gasteiger partial charge in [-0.15, -0.1) is 24.2 Å². The van der Waals surface area contributed by atoms with E-state index in [4.69, 9.17) is 5.73 Å². The number of nitrogens with two attached hydrogens (primary N) is 1. The van der Waals surface area contributed by atoms with E-state index in [1.807, 2.05) is 36.2 Å². The summed E-state index contributed by atoms with van der Waals surface area (Å²) >= 11 is 1.45. The Morgan fingerprint density at radius 3 is 2.50 bits per heavy atom. The van der Waals surface area contributed by atoms with Crippen LogP contribution < -0.4 is 11.1 Å². The number of hydrogen-bond donors (Lipinski definition) is 2. The number of thioether (sulfide) groups is 1. The molecule has 2 aliphatic carbocycles. The van der Waals surface area contributed by atoms with Crippen LogP contribution in [0.25, 0.3) is 0 Å². The molecule has 7 heteroatoms. The van der Waals surface area contributed by atoms with Crippen molar-refractivity contribution in [2.45, 2.75) is 61.9 Å². The van der Waals surface area contributed by atoms with Gasteiger partial charge in [0.1, 0.15) is 0 Å². The normalized spacial score (nSPS) is 18.1. The largest absolute Gasteiger partial charge is 0.348 e. The molecule has 156 valence electrons. The number of nitrogens with zero attached hydrogens (tertiary/aromatic N) is 1. The lowest BCUT2D eigenvalue weighted by Gasteiger charge is -2.31. The van der Waals surface area contributed by atoms with E-state index in [9.17, 15) is 9.59 Å². The molecule has 2 aliphatic rings. The number of halogens is 1. The van der Waals surface area contributed by atoms with Crippen LogP contribution in [0.3, 0.4) is 0 Å². The summed E-state index contributed by atoms with van der Waals surface area (Å²) in [5.41, 5.74) is 6.44. The van der Waals surface area contributed by atoms with Crippen molar-refractivity contribution in [3.8, 4) is 0 Å². The Morgan fingerprint density at radius 1 is 1.18 bits per heavy atom. The lowest BCUT2D eigenvalue weighted by molar-refractivity contribution is -0.129. The number of rotatable bonds is 8. The SMILES string of the molecule is CN(C(=O)CSc1ccccc1C(=O)NC(CN)C1CC1)C1CCCCC1.Cl. The molecule has 0 spiro atoms. The van der Waals surface area contributed by atoms with Crippen LogP contribution in [-0.2, 0) is 4.79 Å². The van der Waals surface area contributed by atoms with Crippen molar-refractivity contribution in [2.75, 3.05) is 19.3 Å². The molecule has 0 bridgehead atoms. The van der Waals surface area contributed by atoms with Gasteiger partial charge in [0.15, 0.2) is 0 Å². The topological polar surface area (TPSA) is 75.4 Å². The molecule has 1 unspecified atom stereocenters. The zero-order chi connectivity index (χ0) is 19.2. The Labute approximate surface area is 178 Å². The maximum Gasteiger partial charge on any atom is 0.252 e. The van der Waals surface area contributed by atoms with E-state index in [-0.39, 0.29) is 30.3 Å². The van der Waals surface area contributed by atoms with Crippen LogP contribution >= 0.6 is 24.2 Å². The average molecular weight is 426 g/mol. The Balaban J connectivity index is 0.00000280. The van der Waals surface area contributed by atoms with Crippen molar-refractivity contribution in [1.29, 1.82) is 0 Å². The molecule has 0 heterocycles. The fourth-order valence-electron chi connectivity index (χ4n) is 3.81. The first-order chi connectivity index (χ1) is 13.1. The van der Waals surface area contributed by atoms with Crippen LogP contribution in [0.4, 0.5) is 0 Å². The van der Waals surface area contributed by atoms with Crippen LogP contribution in [0.2, 0.25) is 0 Å². The molecule has 0 saturated heterocycles. The summed E-state index contributed by atoms with van der Waals surface area (Å²) in [6, 6.07) is 7.94. The molecule has 0 radical (unpaired) electrons. The van der Waals surface area contributed by atoms with E-state index in [0.29, 0.717) is 29.8 Å². The predicted molar refractivity (Wildman–Crippen MR) is 117 cm³/mol. The third kappa shape index (κ3) is 6.13. The molecule has 1 aromatic rings. The second kappa shape index (κ2) is 11.1. The van der Waals surface area contributed by atoms with E-state index in [0.717, 1.165) is 30.6 Å². The van der Waals surface area contributed by atoms with Gasteiger partial charge < -0.3 is 16.0 Å². The summed E-state index contributed by atoms with van der Waals surface area (Å²) < 4.78 is 0. The van der Waals surface area contributed by atoms with Gasteiger partial charge in [-0.1, -0.05) is 31.4 Å². The molecule has 0 aromatic heterocycles. The minimum absolute atomic E-state index is 0. The number of benzene rings is 1. The van der Waals surface area contributed by atoms with Gasteiger partial charge in [-0.25, -0.2) is 0 Å². The van der Waals surface area contributed by atoms with Gasteiger partial charge in [0.25, 0.3) is 5.91 Å². The lowest BCUT2D eigenvalue weighted by Crippen LogP contribution is -2.42. The van der Waals surface area contributed by atoms with E-state index in [1.54, 1.807) is 0 Å². The van der Waals surface area contributed by atoms with Crippen LogP contribution in [0.5, 0.6) is 0 Å². The Kier molecular flexibility index (Phi) is 9.12. The van der Waals surface area contributed by atoms with E-state index in [1.165, 1.54) is 31.0 Å². The summed E-state index contributed by atoms with van der Waals surface area (Å²) in [6.45, 7) is 0.469. The number of amides is 2. The predicted octanol–water partition coefficient (Wildman–Crippen LogP) is 3.46. The molecule has 3 N–H and O–H groups in total. The van der Waals surface area contributed by atoms with Gasteiger partial charge in [0.05, 0.1) is 11.3 Å². The number of nitrogens with one attached hydrogen (secondary N) is 1. The van der Waals surface area contributed by atoms with Crippen LogP contribution in [-0.4, -0.2) is 48.1 Å². The Bertz CT molecular complexity index is 663. The van der Waals surface area contributed by atoms with Crippen molar-refractivity contribution in [2.24, 2.45) is 11.7 Å². The van der Waals surface area contributed by atoms with Crippen LogP contribution in [0.1, 0.15) is 55.3 Å². The summed E-state index contributed by atoms with van der Waals surface area (Å²) in [6.07, 6.45) is 8.19. The van der Waals surface area contributed by atoms with Gasteiger partial charge in [-0.05, 0) is 43.7 Å². The Hall–Kier alpha value is -1.24. The molecule has 2 fully saturated rings. The Morgan fingerprint density at radius 2 is 1.86 bits per heavy atom. The monoisotopic (exact) mass is 425 g/mol. The highest BCUT2D eigenvalue weighted by Crippen LogP contribution is 2.32. The first-order valence-electron chi connectivity index (χ1n) is 10.1. The van der Waals surface area contributed by atoms with Gasteiger partial charge in [0.2, 0.25) is 5.91 Å². The van der Waals surface area contributed by atoms with Gasteiger partial charge in [-0.3, -0.25) is 9.59 Å². The third-order valence-electron chi connectivity index (χ3n) is 5.76. The summed E-state index contributed by atoms with van der Waals surface area (Å²) in [7, 11) is 1.92. The zero-order valence-corrected chi connectivity index (χ0v) is 18.2. The summed E-state index contributed by atoms with van der Waals surface area (Å²) in [4.78, 5) is 28.1. The van der Waals surface area contributed by atoms with Crippen molar-refractivity contribution in [1.82, 2.24) is 10.2 Å². The minimum Gasteiger partial charge on any atom is -0.348 e. The number of carbonyl (C=O) groups is 2. The van der Waals surface area contributed by atoms with E-state index in [2.05, 4.69) is 5.32 Å². The number of carbonyl (C=O) groups excluding carboxylic acids is 2. The minimum atomic E-state index is -0.0893. The average Bonchev–Trinajstić information content (AvgIpc) is 3.55. The van der Waals surface area contributed by atoms with Crippen LogP contribution in [0, 0.1) is 5.92 Å². The fraction of sp³-hybridized carbons (Fsp3) is 0.619. The first kappa shape index (κ1) is 23.0. The molecule has 5 nitrogen and oxygen atoms in total. The molecule has 1 atom stereocenters. The van der Waals surface area contributed by atoms with Crippen LogP contribution in [0.15, 0.2) is 29.2 Å². The fourth-order valence-corrected chi connectivity index (χ4v) is 4.78. The van der Waals surface area contributed by atoms with Gasteiger partial charge in [-0.2, -0.15) is 0 Å². The van der Waals surface area contributed by atoms with Crippen molar-refractivity contribution >= 4 is 36.0 Å². The smallest absolute Gasteiger partial charge is 0.252 e. The maximum atomic E-state index is 12.7. The molecule has 1 aromatic carbocycles. The molecule has 0 aliphatic heterocycles. The first-order valence-corrected chi connectivity index (χ1v) is 11.1. The third-order valence-corrected chi connectivity index (χ3v) is 6.82. The van der Waals surface area contributed by atoms with E-state index < -0.39 is 0 Å². The highest BCUT2D eigenvalue weighted by Gasteiger charge is 2.31. The second-order valence-electron chi connectivity index (χ2n) is 7.73. The standard InChI is InChI=1S/C21H31N3O2S.ClH/c1-24(16-7-3-2-4-8-16)20(25)14-27-19-10-6-5-9-17(19)21(26)23-18(13-22)15-11-12-15;/h5-6,9-10,15-16,18H,2-4,7-8,11-14,22H2,1H3,(H,23,26);1H. The lowest BCUT2D eigenvalue weighted by atomic mass is 9.94. The molecule has 3 rings (SSSR count). The quantitative estimate of drug-likeness (QED) is 0.625. The summed E-state index contributed by atoms with van der Waals surface area (Å²) in [5, 5.41) is 3.07. The maximum absolute atomic E-state index is 12.7. The highest BCUT2D eigenvalue weighted by molar-refractivity contribution is 8.00. The second-order valence-corrected chi connectivity index (χ2v) is 8.75. The molecular formula is C21H32ClN3O2S.